The molecule has 1 fully saturated rings. The first-order chi connectivity index (χ1) is 9.56. The molecule has 1 aliphatic carbocycles. The van der Waals surface area contributed by atoms with E-state index in [1.54, 1.807) is 0 Å². The highest BCUT2D eigenvalue weighted by Gasteiger charge is 2.37. The van der Waals surface area contributed by atoms with Crippen LogP contribution in [0.5, 0.6) is 0 Å². The Bertz CT molecular complexity index is 444. The summed E-state index contributed by atoms with van der Waals surface area (Å²) in [6.07, 6.45) is 7.05. The molecule has 1 rings (SSSR count). The first kappa shape index (κ1) is 18.4. The van der Waals surface area contributed by atoms with Crippen LogP contribution in [0.4, 0.5) is 0 Å². The third kappa shape index (κ3) is 6.34. The van der Waals surface area contributed by atoms with E-state index in [1.807, 2.05) is 20.8 Å². The summed E-state index contributed by atoms with van der Waals surface area (Å²) in [7, 11) is -3.42. The molecule has 0 aliphatic heterocycles. The lowest BCUT2D eigenvalue weighted by Gasteiger charge is -2.35. The number of nitrogens with two attached hydrogens (primary N) is 1. The van der Waals surface area contributed by atoms with Crippen LogP contribution in [0.1, 0.15) is 72.1 Å². The molecular formula is C15H31N3O2S. The molecule has 0 heterocycles. The zero-order valence-electron chi connectivity index (χ0n) is 13.7. The van der Waals surface area contributed by atoms with E-state index in [9.17, 15) is 8.42 Å². The Hall–Kier alpha value is -0.620. The SMILES string of the molecule is CC(C)(C)CCS(=O)(=O)NC1(C(=N)N)CCCCCCC1. The lowest BCUT2D eigenvalue weighted by molar-refractivity contribution is 0.362. The van der Waals surface area contributed by atoms with Gasteiger partial charge in [0, 0.05) is 0 Å². The molecule has 124 valence electrons. The molecule has 0 saturated heterocycles. The summed E-state index contributed by atoms with van der Waals surface area (Å²) in [4.78, 5) is 0. The van der Waals surface area contributed by atoms with Crippen molar-refractivity contribution in [3.8, 4) is 0 Å². The Morgan fingerprint density at radius 3 is 2.05 bits per heavy atom. The van der Waals surface area contributed by atoms with Crippen LogP contribution in [0.2, 0.25) is 0 Å². The summed E-state index contributed by atoms with van der Waals surface area (Å²) in [5.41, 5.74) is 4.88. The van der Waals surface area contributed by atoms with E-state index in [0.717, 1.165) is 25.7 Å². The fourth-order valence-corrected chi connectivity index (χ4v) is 4.62. The quantitative estimate of drug-likeness (QED) is 0.537. The van der Waals surface area contributed by atoms with E-state index < -0.39 is 15.6 Å². The number of sulfonamides is 1. The molecule has 1 aliphatic rings. The maximum atomic E-state index is 12.4. The first-order valence-corrected chi connectivity index (χ1v) is 9.58. The predicted molar refractivity (Wildman–Crippen MR) is 88.0 cm³/mol. The molecule has 0 unspecified atom stereocenters. The second-order valence-electron chi connectivity index (χ2n) is 7.50. The number of rotatable bonds is 5. The Morgan fingerprint density at radius 2 is 1.62 bits per heavy atom. The van der Waals surface area contributed by atoms with Crippen LogP contribution >= 0.6 is 0 Å². The highest BCUT2D eigenvalue weighted by molar-refractivity contribution is 7.89. The third-order valence-corrected chi connectivity index (χ3v) is 5.64. The minimum Gasteiger partial charge on any atom is -0.386 e. The van der Waals surface area contributed by atoms with Crippen molar-refractivity contribution in [2.24, 2.45) is 11.1 Å². The van der Waals surface area contributed by atoms with Crippen LogP contribution in [0.25, 0.3) is 0 Å². The van der Waals surface area contributed by atoms with Gasteiger partial charge in [-0.3, -0.25) is 5.41 Å². The van der Waals surface area contributed by atoms with E-state index in [2.05, 4.69) is 4.72 Å². The average Bonchev–Trinajstić information content (AvgIpc) is 2.29. The van der Waals surface area contributed by atoms with Gasteiger partial charge in [-0.2, -0.15) is 0 Å². The van der Waals surface area contributed by atoms with Crippen molar-refractivity contribution in [2.45, 2.75) is 77.7 Å². The summed E-state index contributed by atoms with van der Waals surface area (Å²) in [5.74, 6) is 0.0506. The largest absolute Gasteiger partial charge is 0.386 e. The molecule has 21 heavy (non-hydrogen) atoms. The summed E-state index contributed by atoms with van der Waals surface area (Å²) in [6, 6.07) is 0. The van der Waals surface area contributed by atoms with Gasteiger partial charge in [0.25, 0.3) is 0 Å². The Labute approximate surface area is 129 Å². The summed E-state index contributed by atoms with van der Waals surface area (Å²) < 4.78 is 27.6. The van der Waals surface area contributed by atoms with Gasteiger partial charge in [-0.05, 0) is 24.7 Å². The van der Waals surface area contributed by atoms with Crippen LogP contribution < -0.4 is 10.5 Å². The minimum absolute atomic E-state index is 0.0287. The molecule has 0 amide bonds. The second-order valence-corrected chi connectivity index (χ2v) is 9.34. The number of hydrogen-bond acceptors (Lipinski definition) is 3. The van der Waals surface area contributed by atoms with Crippen LogP contribution in [-0.2, 0) is 10.0 Å². The van der Waals surface area contributed by atoms with Crippen molar-refractivity contribution >= 4 is 15.9 Å². The normalized spacial score (nSPS) is 20.5. The summed E-state index contributed by atoms with van der Waals surface area (Å²) >= 11 is 0. The summed E-state index contributed by atoms with van der Waals surface area (Å²) in [5, 5.41) is 7.89. The van der Waals surface area contributed by atoms with Crippen LogP contribution in [0.3, 0.4) is 0 Å². The monoisotopic (exact) mass is 317 g/mol. The fraction of sp³-hybridized carbons (Fsp3) is 0.933. The molecule has 0 spiro atoms. The van der Waals surface area contributed by atoms with Gasteiger partial charge in [0.15, 0.2) is 0 Å². The molecule has 0 atom stereocenters. The van der Waals surface area contributed by atoms with Gasteiger partial charge in [0.2, 0.25) is 10.0 Å². The van der Waals surface area contributed by atoms with Gasteiger partial charge >= 0.3 is 0 Å². The second kappa shape index (κ2) is 7.09. The van der Waals surface area contributed by atoms with Gasteiger partial charge in [0.05, 0.1) is 11.3 Å². The van der Waals surface area contributed by atoms with Gasteiger partial charge in [-0.1, -0.05) is 52.9 Å². The van der Waals surface area contributed by atoms with E-state index in [-0.39, 0.29) is 17.0 Å². The van der Waals surface area contributed by atoms with Gasteiger partial charge in [-0.25, -0.2) is 13.1 Å². The molecule has 1 saturated carbocycles. The standard InChI is InChI=1S/C15H31N3O2S/c1-14(2,3)11-12-21(19,20)18-15(13(16)17)9-7-5-4-6-8-10-15/h18H,4-12H2,1-3H3,(H3,16,17). The molecule has 0 aromatic rings. The lowest BCUT2D eigenvalue weighted by atomic mass is 9.84. The highest BCUT2D eigenvalue weighted by Crippen LogP contribution is 2.28. The lowest BCUT2D eigenvalue weighted by Crippen LogP contribution is -2.57. The molecule has 0 bridgehead atoms. The molecule has 0 aromatic carbocycles. The Kier molecular flexibility index (Phi) is 6.23. The van der Waals surface area contributed by atoms with Gasteiger partial charge in [0.1, 0.15) is 5.84 Å². The van der Waals surface area contributed by atoms with Crippen molar-refractivity contribution in [1.29, 1.82) is 5.41 Å². The van der Waals surface area contributed by atoms with E-state index in [4.69, 9.17) is 11.1 Å². The molecule has 0 radical (unpaired) electrons. The van der Waals surface area contributed by atoms with Crippen LogP contribution in [0.15, 0.2) is 0 Å². The Balaban J connectivity index is 2.83. The molecule has 6 heteroatoms. The smallest absolute Gasteiger partial charge is 0.212 e. The van der Waals surface area contributed by atoms with Crippen molar-refractivity contribution in [2.75, 3.05) is 5.75 Å². The first-order valence-electron chi connectivity index (χ1n) is 7.93. The van der Waals surface area contributed by atoms with E-state index in [1.165, 1.54) is 6.42 Å². The molecular weight excluding hydrogens is 286 g/mol. The van der Waals surface area contributed by atoms with Crippen molar-refractivity contribution in [3.05, 3.63) is 0 Å². The zero-order valence-corrected chi connectivity index (χ0v) is 14.5. The van der Waals surface area contributed by atoms with E-state index >= 15 is 0 Å². The zero-order chi connectivity index (χ0) is 16.1. The number of hydrogen-bond donors (Lipinski definition) is 3. The number of nitrogens with one attached hydrogen (secondary N) is 2. The maximum Gasteiger partial charge on any atom is 0.212 e. The van der Waals surface area contributed by atoms with Crippen molar-refractivity contribution < 1.29 is 8.42 Å². The average molecular weight is 317 g/mol. The molecule has 0 aromatic heterocycles. The predicted octanol–water partition coefficient (Wildman–Crippen LogP) is 2.76. The van der Waals surface area contributed by atoms with Crippen molar-refractivity contribution in [3.63, 3.8) is 0 Å². The van der Waals surface area contributed by atoms with E-state index in [0.29, 0.717) is 19.3 Å². The molecule has 5 nitrogen and oxygen atoms in total. The fourth-order valence-electron chi connectivity index (χ4n) is 2.72. The van der Waals surface area contributed by atoms with Crippen LogP contribution in [0, 0.1) is 10.8 Å². The van der Waals surface area contributed by atoms with Gasteiger partial charge < -0.3 is 5.73 Å². The minimum atomic E-state index is -3.42. The topological polar surface area (TPSA) is 96.0 Å². The highest BCUT2D eigenvalue weighted by atomic mass is 32.2. The van der Waals surface area contributed by atoms with Crippen LogP contribution in [-0.4, -0.2) is 25.5 Å². The third-order valence-electron chi connectivity index (χ3n) is 4.19. The number of amidine groups is 1. The van der Waals surface area contributed by atoms with Crippen molar-refractivity contribution in [1.82, 2.24) is 4.72 Å². The van der Waals surface area contributed by atoms with Gasteiger partial charge in [-0.15, -0.1) is 0 Å². The Morgan fingerprint density at radius 1 is 1.14 bits per heavy atom. The summed E-state index contributed by atoms with van der Waals surface area (Å²) in [6.45, 7) is 6.08. The maximum absolute atomic E-state index is 12.4. The molecule has 4 N–H and O–H groups in total.